The number of nitrogens with zero attached hydrogens (tertiary/aromatic N) is 6. The molecule has 7 heteroatoms. The summed E-state index contributed by atoms with van der Waals surface area (Å²) in [6.07, 6.45) is 3.37. The Morgan fingerprint density at radius 2 is 1.72 bits per heavy atom. The third kappa shape index (κ3) is 3.49. The highest BCUT2D eigenvalue weighted by molar-refractivity contribution is 5.95. The Balaban J connectivity index is 1.32. The molecule has 0 radical (unpaired) electrons. The van der Waals surface area contributed by atoms with E-state index < -0.39 is 0 Å². The fourth-order valence-corrected chi connectivity index (χ4v) is 4.34. The maximum absolute atomic E-state index is 13.2. The van der Waals surface area contributed by atoms with Crippen molar-refractivity contribution < 1.29 is 4.79 Å². The number of rotatable bonds is 3. The number of amides is 1. The summed E-state index contributed by atoms with van der Waals surface area (Å²) in [5.74, 6) is 1.71. The number of anilines is 1. The van der Waals surface area contributed by atoms with Crippen LogP contribution in [0.1, 0.15) is 27.2 Å². The van der Waals surface area contributed by atoms with Gasteiger partial charge in [-0.05, 0) is 50.1 Å². The van der Waals surface area contributed by atoms with Crippen molar-refractivity contribution in [2.75, 3.05) is 31.1 Å². The third-order valence-electron chi connectivity index (χ3n) is 6.23. The summed E-state index contributed by atoms with van der Waals surface area (Å²) in [6, 6.07) is 14.1. The molecule has 0 saturated carbocycles. The molecule has 32 heavy (non-hydrogen) atoms. The van der Waals surface area contributed by atoms with Crippen molar-refractivity contribution in [1.29, 1.82) is 0 Å². The maximum atomic E-state index is 13.2. The Bertz CT molecular complexity index is 1290. The molecule has 0 spiro atoms. The summed E-state index contributed by atoms with van der Waals surface area (Å²) < 4.78 is 1.72. The molecule has 0 atom stereocenters. The Morgan fingerprint density at radius 3 is 2.47 bits per heavy atom. The van der Waals surface area contributed by atoms with Crippen molar-refractivity contribution in [3.8, 4) is 5.82 Å². The fraction of sp³-hybridized carbons (Fsp3) is 0.280. The van der Waals surface area contributed by atoms with Gasteiger partial charge in [-0.3, -0.25) is 4.79 Å². The molecule has 162 valence electrons. The van der Waals surface area contributed by atoms with Gasteiger partial charge in [0.05, 0.1) is 23.0 Å². The van der Waals surface area contributed by atoms with Crippen LogP contribution in [0.15, 0.2) is 54.9 Å². The average Bonchev–Trinajstić information content (AvgIpc) is 3.21. The van der Waals surface area contributed by atoms with Crippen LogP contribution in [0.2, 0.25) is 0 Å². The zero-order valence-corrected chi connectivity index (χ0v) is 18.6. The fourth-order valence-electron chi connectivity index (χ4n) is 4.34. The molecule has 0 unspecified atom stereocenters. The first-order valence-electron chi connectivity index (χ1n) is 10.9. The Morgan fingerprint density at radius 1 is 0.906 bits per heavy atom. The van der Waals surface area contributed by atoms with Gasteiger partial charge in [0.2, 0.25) is 0 Å². The van der Waals surface area contributed by atoms with Crippen molar-refractivity contribution >= 4 is 22.6 Å². The van der Waals surface area contributed by atoms with Crippen LogP contribution in [0.25, 0.3) is 16.7 Å². The summed E-state index contributed by atoms with van der Waals surface area (Å²) in [5.41, 5.74) is 4.89. The van der Waals surface area contributed by atoms with Crippen molar-refractivity contribution in [1.82, 2.24) is 24.6 Å². The molecule has 7 nitrogen and oxygen atoms in total. The van der Waals surface area contributed by atoms with E-state index in [0.29, 0.717) is 24.5 Å². The maximum Gasteiger partial charge on any atom is 0.257 e. The minimum atomic E-state index is 0.0165. The molecule has 3 aromatic heterocycles. The lowest BCUT2D eigenvalue weighted by molar-refractivity contribution is 0.0745. The first-order valence-corrected chi connectivity index (χ1v) is 10.9. The summed E-state index contributed by atoms with van der Waals surface area (Å²) >= 11 is 0. The summed E-state index contributed by atoms with van der Waals surface area (Å²) in [5, 5.41) is 5.59. The molecule has 0 bridgehead atoms. The van der Waals surface area contributed by atoms with Gasteiger partial charge in [0, 0.05) is 37.8 Å². The number of carbonyl (C=O) groups is 1. The van der Waals surface area contributed by atoms with Gasteiger partial charge in [0.1, 0.15) is 5.82 Å². The highest BCUT2D eigenvalue weighted by Crippen LogP contribution is 2.26. The molecule has 0 aliphatic carbocycles. The molecule has 5 rings (SSSR count). The standard InChI is InChI=1S/C25H26N6O/c1-17-7-6-8-20-18(2)15-23(28-24(17)20)29-11-13-30(14-12-29)25(32)21-16-27-31(19(21)3)22-9-4-5-10-26-22/h4-10,15-16H,11-14H2,1-3H3. The number of fused-ring (bicyclic) bond motifs is 1. The van der Waals surface area contributed by atoms with Gasteiger partial charge in [0.25, 0.3) is 5.91 Å². The summed E-state index contributed by atoms with van der Waals surface area (Å²) in [7, 11) is 0. The predicted molar refractivity (Wildman–Crippen MR) is 125 cm³/mol. The Labute approximate surface area is 187 Å². The van der Waals surface area contributed by atoms with Crippen molar-refractivity contribution in [2.24, 2.45) is 0 Å². The molecule has 4 heterocycles. The second-order valence-corrected chi connectivity index (χ2v) is 8.29. The van der Waals surface area contributed by atoms with Crippen LogP contribution in [0.3, 0.4) is 0 Å². The lowest BCUT2D eigenvalue weighted by atomic mass is 10.1. The van der Waals surface area contributed by atoms with E-state index in [1.54, 1.807) is 17.1 Å². The highest BCUT2D eigenvalue weighted by atomic mass is 16.2. The van der Waals surface area contributed by atoms with Crippen LogP contribution in [-0.4, -0.2) is 56.7 Å². The first kappa shape index (κ1) is 20.2. The van der Waals surface area contributed by atoms with Gasteiger partial charge in [-0.1, -0.05) is 24.3 Å². The summed E-state index contributed by atoms with van der Waals surface area (Å²) in [4.78, 5) is 26.7. The van der Waals surface area contributed by atoms with Crippen LogP contribution >= 0.6 is 0 Å². The van der Waals surface area contributed by atoms with Gasteiger partial charge >= 0.3 is 0 Å². The topological polar surface area (TPSA) is 67.2 Å². The zero-order valence-electron chi connectivity index (χ0n) is 18.6. The lowest BCUT2D eigenvalue weighted by Gasteiger charge is -2.35. The number of aryl methyl sites for hydroxylation is 2. The van der Waals surface area contributed by atoms with Crippen molar-refractivity contribution in [3.63, 3.8) is 0 Å². The van der Waals surface area contributed by atoms with E-state index >= 15 is 0 Å². The highest BCUT2D eigenvalue weighted by Gasteiger charge is 2.26. The van der Waals surface area contributed by atoms with E-state index in [9.17, 15) is 4.79 Å². The second-order valence-electron chi connectivity index (χ2n) is 8.29. The van der Waals surface area contributed by atoms with Crippen LogP contribution in [0, 0.1) is 20.8 Å². The second kappa shape index (κ2) is 8.07. The van der Waals surface area contributed by atoms with E-state index in [1.807, 2.05) is 30.0 Å². The number of carbonyl (C=O) groups excluding carboxylic acids is 1. The van der Waals surface area contributed by atoms with Crippen LogP contribution in [0.5, 0.6) is 0 Å². The molecular weight excluding hydrogens is 400 g/mol. The Kier molecular flexibility index (Phi) is 5.09. The van der Waals surface area contributed by atoms with Crippen LogP contribution in [-0.2, 0) is 0 Å². The van der Waals surface area contributed by atoms with Crippen LogP contribution in [0.4, 0.5) is 5.82 Å². The largest absolute Gasteiger partial charge is 0.353 e. The molecule has 0 N–H and O–H groups in total. The van der Waals surface area contributed by atoms with E-state index in [4.69, 9.17) is 4.98 Å². The molecule has 1 aliphatic heterocycles. The smallest absolute Gasteiger partial charge is 0.257 e. The monoisotopic (exact) mass is 426 g/mol. The van der Waals surface area contributed by atoms with Gasteiger partial charge in [-0.15, -0.1) is 0 Å². The quantitative estimate of drug-likeness (QED) is 0.500. The van der Waals surface area contributed by atoms with E-state index in [0.717, 1.165) is 30.1 Å². The van der Waals surface area contributed by atoms with Gasteiger partial charge < -0.3 is 9.80 Å². The van der Waals surface area contributed by atoms with Crippen molar-refractivity contribution in [2.45, 2.75) is 20.8 Å². The number of hydrogen-bond acceptors (Lipinski definition) is 5. The first-order chi connectivity index (χ1) is 15.5. The summed E-state index contributed by atoms with van der Waals surface area (Å²) in [6.45, 7) is 8.96. The van der Waals surface area contributed by atoms with E-state index in [-0.39, 0.29) is 5.91 Å². The number of piperazine rings is 1. The van der Waals surface area contributed by atoms with E-state index in [2.05, 4.69) is 53.1 Å². The van der Waals surface area contributed by atoms with E-state index in [1.165, 1.54) is 16.5 Å². The third-order valence-corrected chi connectivity index (χ3v) is 6.23. The van der Waals surface area contributed by atoms with Gasteiger partial charge in [-0.25, -0.2) is 14.6 Å². The zero-order chi connectivity index (χ0) is 22.2. The SMILES string of the molecule is Cc1cc(N2CCN(C(=O)c3cnn(-c4ccccn4)c3C)CC2)nc2c(C)cccc12. The number of para-hydroxylation sites is 1. The molecule has 4 aromatic rings. The number of pyridine rings is 2. The number of aromatic nitrogens is 4. The molecule has 1 fully saturated rings. The van der Waals surface area contributed by atoms with Gasteiger partial charge in [0.15, 0.2) is 5.82 Å². The minimum Gasteiger partial charge on any atom is -0.353 e. The minimum absolute atomic E-state index is 0.0165. The number of benzene rings is 1. The molecule has 1 aromatic carbocycles. The number of hydrogen-bond donors (Lipinski definition) is 0. The van der Waals surface area contributed by atoms with Crippen molar-refractivity contribution in [3.05, 3.63) is 77.2 Å². The lowest BCUT2D eigenvalue weighted by Crippen LogP contribution is -2.49. The predicted octanol–water partition coefficient (Wildman–Crippen LogP) is 3.70. The molecular formula is C25H26N6O. The molecule has 1 amide bonds. The normalized spacial score (nSPS) is 14.2. The van der Waals surface area contributed by atoms with Gasteiger partial charge in [-0.2, -0.15) is 5.10 Å². The molecule has 1 aliphatic rings. The van der Waals surface area contributed by atoms with Crippen LogP contribution < -0.4 is 4.90 Å². The molecule has 1 saturated heterocycles. The average molecular weight is 427 g/mol. The Hall–Kier alpha value is -3.74.